The number of nitrogens with one attached hydrogen (secondary N) is 1. The van der Waals surface area contributed by atoms with E-state index < -0.39 is 5.54 Å². The predicted molar refractivity (Wildman–Crippen MR) is 98.9 cm³/mol. The molecule has 3 rings (SSSR count). The predicted octanol–water partition coefficient (Wildman–Crippen LogP) is 1.10. The molecule has 3 heterocycles. The maximum absolute atomic E-state index is 12.1. The first-order valence-corrected chi connectivity index (χ1v) is 9.31. The molecule has 3 amide bonds. The van der Waals surface area contributed by atoms with E-state index in [2.05, 4.69) is 25.1 Å². The summed E-state index contributed by atoms with van der Waals surface area (Å²) in [6.07, 6.45) is 5.89. The van der Waals surface area contributed by atoms with Crippen LogP contribution in [-0.4, -0.2) is 76.5 Å². The van der Waals surface area contributed by atoms with Crippen molar-refractivity contribution in [2.45, 2.75) is 38.6 Å². The summed E-state index contributed by atoms with van der Waals surface area (Å²) < 4.78 is 0. The van der Waals surface area contributed by atoms with Crippen LogP contribution in [0.5, 0.6) is 0 Å². The minimum absolute atomic E-state index is 0.184. The molecule has 2 aliphatic rings. The van der Waals surface area contributed by atoms with Crippen LogP contribution < -0.4 is 10.2 Å². The molecule has 0 aromatic carbocycles. The van der Waals surface area contributed by atoms with E-state index in [-0.39, 0.29) is 11.9 Å². The van der Waals surface area contributed by atoms with Gasteiger partial charge >= 0.3 is 6.03 Å². The number of unbranched alkanes of at least 4 members (excludes halogenated alkanes) is 1. The molecular formula is C18H28N6O2. The highest BCUT2D eigenvalue weighted by atomic mass is 16.2. The van der Waals surface area contributed by atoms with Crippen molar-refractivity contribution >= 4 is 17.9 Å². The lowest BCUT2D eigenvalue weighted by atomic mass is 9.95. The van der Waals surface area contributed by atoms with E-state index in [1.54, 1.807) is 17.3 Å². The van der Waals surface area contributed by atoms with Crippen LogP contribution >= 0.6 is 0 Å². The molecule has 2 saturated heterocycles. The molecule has 8 nitrogen and oxygen atoms in total. The summed E-state index contributed by atoms with van der Waals surface area (Å²) in [6.45, 7) is 9.50. The second kappa shape index (κ2) is 7.99. The van der Waals surface area contributed by atoms with Gasteiger partial charge in [-0.05, 0) is 39.3 Å². The Labute approximate surface area is 154 Å². The van der Waals surface area contributed by atoms with Crippen molar-refractivity contribution in [3.8, 4) is 0 Å². The lowest BCUT2D eigenvalue weighted by Gasteiger charge is -2.41. The number of piperazine rings is 1. The second-order valence-corrected chi connectivity index (χ2v) is 7.58. The number of urea groups is 1. The number of rotatable bonds is 6. The van der Waals surface area contributed by atoms with Crippen molar-refractivity contribution < 1.29 is 9.59 Å². The van der Waals surface area contributed by atoms with E-state index in [9.17, 15) is 9.59 Å². The van der Waals surface area contributed by atoms with Crippen LogP contribution in [0.3, 0.4) is 0 Å². The summed E-state index contributed by atoms with van der Waals surface area (Å²) in [5, 5.41) is 2.42. The molecule has 26 heavy (non-hydrogen) atoms. The Morgan fingerprint density at radius 2 is 1.69 bits per heavy atom. The molecule has 0 spiro atoms. The fourth-order valence-electron chi connectivity index (χ4n) is 3.63. The number of hydrogen-bond acceptors (Lipinski definition) is 6. The lowest BCUT2D eigenvalue weighted by molar-refractivity contribution is -0.124. The molecule has 0 radical (unpaired) electrons. The van der Waals surface area contributed by atoms with Crippen LogP contribution in [0.2, 0.25) is 0 Å². The number of amides is 3. The van der Waals surface area contributed by atoms with Gasteiger partial charge in [0.05, 0.1) is 0 Å². The zero-order chi connectivity index (χ0) is 18.6. The second-order valence-electron chi connectivity index (χ2n) is 7.58. The Morgan fingerprint density at radius 3 is 2.35 bits per heavy atom. The van der Waals surface area contributed by atoms with Crippen molar-refractivity contribution in [1.82, 2.24) is 25.1 Å². The normalized spacial score (nSPS) is 21.0. The summed E-state index contributed by atoms with van der Waals surface area (Å²) in [4.78, 5) is 38.7. The van der Waals surface area contributed by atoms with Gasteiger partial charge in [0.2, 0.25) is 11.9 Å². The molecule has 0 atom stereocenters. The topological polar surface area (TPSA) is 81.7 Å². The van der Waals surface area contributed by atoms with Gasteiger partial charge in [-0.1, -0.05) is 0 Å². The summed E-state index contributed by atoms with van der Waals surface area (Å²) >= 11 is 0. The molecule has 0 saturated carbocycles. The van der Waals surface area contributed by atoms with Crippen molar-refractivity contribution in [3.63, 3.8) is 0 Å². The fraction of sp³-hybridized carbons (Fsp3) is 0.667. The van der Waals surface area contributed by atoms with Crippen molar-refractivity contribution in [1.29, 1.82) is 0 Å². The van der Waals surface area contributed by atoms with Crippen LogP contribution in [0.1, 0.15) is 33.1 Å². The molecule has 0 unspecified atom stereocenters. The minimum atomic E-state index is -0.402. The summed E-state index contributed by atoms with van der Waals surface area (Å²) in [6, 6.07) is 1.57. The average molecular weight is 360 g/mol. The van der Waals surface area contributed by atoms with Crippen molar-refractivity contribution in [3.05, 3.63) is 18.5 Å². The Kier molecular flexibility index (Phi) is 5.70. The van der Waals surface area contributed by atoms with Crippen LogP contribution in [0.15, 0.2) is 18.5 Å². The fourth-order valence-corrected chi connectivity index (χ4v) is 3.63. The molecule has 1 aromatic heterocycles. The number of imide groups is 1. The van der Waals surface area contributed by atoms with Gasteiger partial charge in [-0.25, -0.2) is 14.8 Å². The number of hydrogen-bond donors (Lipinski definition) is 1. The molecule has 1 N–H and O–H groups in total. The summed E-state index contributed by atoms with van der Waals surface area (Å²) in [5.41, 5.74) is -0.402. The van der Waals surface area contributed by atoms with Gasteiger partial charge in [0.1, 0.15) is 0 Å². The quantitative estimate of drug-likeness (QED) is 0.765. The number of aromatic nitrogens is 2. The number of anilines is 1. The third-order valence-corrected chi connectivity index (χ3v) is 5.13. The van der Waals surface area contributed by atoms with E-state index in [0.717, 1.165) is 51.5 Å². The molecule has 0 bridgehead atoms. The Hall–Kier alpha value is -2.22. The summed E-state index contributed by atoms with van der Waals surface area (Å²) in [5.74, 6) is 0.622. The van der Waals surface area contributed by atoms with Crippen molar-refractivity contribution in [2.24, 2.45) is 0 Å². The third kappa shape index (κ3) is 4.49. The van der Waals surface area contributed by atoms with Gasteiger partial charge < -0.3 is 9.80 Å². The zero-order valence-electron chi connectivity index (χ0n) is 15.6. The van der Waals surface area contributed by atoms with Gasteiger partial charge in [0.15, 0.2) is 0 Å². The van der Waals surface area contributed by atoms with E-state index in [1.165, 1.54) is 0 Å². The highest BCUT2D eigenvalue weighted by molar-refractivity contribution is 5.97. The molecule has 0 aliphatic carbocycles. The molecule has 2 fully saturated rings. The van der Waals surface area contributed by atoms with Gasteiger partial charge in [0.25, 0.3) is 0 Å². The molecule has 8 heteroatoms. The maximum atomic E-state index is 12.1. The molecular weight excluding hydrogens is 332 g/mol. The van der Waals surface area contributed by atoms with Gasteiger partial charge in [-0.15, -0.1) is 0 Å². The third-order valence-electron chi connectivity index (χ3n) is 5.13. The van der Waals surface area contributed by atoms with Gasteiger partial charge in [0, 0.05) is 57.1 Å². The van der Waals surface area contributed by atoms with Gasteiger partial charge in [-0.3, -0.25) is 15.0 Å². The molecule has 142 valence electrons. The SMILES string of the molecule is CC1(C)CC(=O)NC(=O)N1CCCCN1CCN(c2ncccn2)CC1. The first-order valence-electron chi connectivity index (χ1n) is 9.31. The van der Waals surface area contributed by atoms with E-state index >= 15 is 0 Å². The largest absolute Gasteiger partial charge is 0.338 e. The van der Waals surface area contributed by atoms with E-state index in [0.29, 0.717) is 13.0 Å². The van der Waals surface area contributed by atoms with Crippen LogP contribution in [0.4, 0.5) is 10.7 Å². The van der Waals surface area contributed by atoms with Crippen LogP contribution in [-0.2, 0) is 4.79 Å². The Bertz CT molecular complexity index is 628. The monoisotopic (exact) mass is 360 g/mol. The minimum Gasteiger partial charge on any atom is -0.338 e. The number of nitrogens with zero attached hydrogens (tertiary/aromatic N) is 5. The highest BCUT2D eigenvalue weighted by Crippen LogP contribution is 2.23. The smallest absolute Gasteiger partial charge is 0.324 e. The van der Waals surface area contributed by atoms with E-state index in [1.807, 2.05) is 19.9 Å². The van der Waals surface area contributed by atoms with Crippen molar-refractivity contribution in [2.75, 3.05) is 44.2 Å². The average Bonchev–Trinajstić information content (AvgIpc) is 2.61. The Balaban J connectivity index is 1.37. The number of carbonyl (C=O) groups is 2. The zero-order valence-corrected chi connectivity index (χ0v) is 15.6. The molecule has 2 aliphatic heterocycles. The number of carbonyl (C=O) groups excluding carboxylic acids is 2. The van der Waals surface area contributed by atoms with Crippen LogP contribution in [0.25, 0.3) is 0 Å². The first-order chi connectivity index (χ1) is 12.5. The van der Waals surface area contributed by atoms with Gasteiger partial charge in [-0.2, -0.15) is 0 Å². The van der Waals surface area contributed by atoms with Crippen LogP contribution in [0, 0.1) is 0 Å². The summed E-state index contributed by atoms with van der Waals surface area (Å²) in [7, 11) is 0. The standard InChI is InChI=1S/C18H28N6O2/c1-18(2)14-15(25)21-17(26)24(18)9-4-3-8-22-10-12-23(13-11-22)16-19-6-5-7-20-16/h5-7H,3-4,8-14H2,1-2H3,(H,21,25,26). The Morgan fingerprint density at radius 1 is 1.04 bits per heavy atom. The lowest BCUT2D eigenvalue weighted by Crippen LogP contribution is -2.60. The van der Waals surface area contributed by atoms with E-state index in [4.69, 9.17) is 0 Å². The molecule has 1 aromatic rings. The first kappa shape index (κ1) is 18.6. The maximum Gasteiger partial charge on any atom is 0.324 e. The highest BCUT2D eigenvalue weighted by Gasteiger charge is 2.38.